The van der Waals surface area contributed by atoms with Crippen molar-refractivity contribution in [1.82, 2.24) is 5.32 Å². The summed E-state index contributed by atoms with van der Waals surface area (Å²) in [5, 5.41) is 3.53. The van der Waals surface area contributed by atoms with Crippen LogP contribution in [0.5, 0.6) is 5.75 Å². The normalized spacial score (nSPS) is 30.1. The molecule has 1 unspecified atom stereocenters. The van der Waals surface area contributed by atoms with Crippen LogP contribution in [0.2, 0.25) is 0 Å². The number of benzene rings is 1. The van der Waals surface area contributed by atoms with Gasteiger partial charge < -0.3 is 20.5 Å². The van der Waals surface area contributed by atoms with Gasteiger partial charge in [-0.05, 0) is 88.3 Å². The van der Waals surface area contributed by atoms with Crippen molar-refractivity contribution < 1.29 is 19.1 Å². The lowest BCUT2D eigenvalue weighted by atomic mass is 9.85. The summed E-state index contributed by atoms with van der Waals surface area (Å²) in [5.74, 6) is 2.59. The molecule has 1 aliphatic heterocycles. The number of fused-ring (bicyclic) bond motifs is 5. The summed E-state index contributed by atoms with van der Waals surface area (Å²) < 4.78 is 11.2. The van der Waals surface area contributed by atoms with Crippen LogP contribution in [0.4, 0.5) is 0 Å². The van der Waals surface area contributed by atoms with Gasteiger partial charge in [0.25, 0.3) is 0 Å². The second kappa shape index (κ2) is 8.91. The summed E-state index contributed by atoms with van der Waals surface area (Å²) in [7, 11) is 0. The Kier molecular flexibility index (Phi) is 6.40. The van der Waals surface area contributed by atoms with Gasteiger partial charge in [-0.15, -0.1) is 0 Å². The molecular weight excluding hydrogens is 392 g/mol. The van der Waals surface area contributed by atoms with Crippen molar-refractivity contribution in [2.24, 2.45) is 23.5 Å². The Bertz CT molecular complexity index is 788. The molecule has 170 valence electrons. The maximum atomic E-state index is 12.8. The molecule has 0 radical (unpaired) electrons. The van der Waals surface area contributed by atoms with Crippen LogP contribution in [0.25, 0.3) is 0 Å². The molecule has 1 heterocycles. The second-order valence-corrected chi connectivity index (χ2v) is 10.2. The number of nitrogens with two attached hydrogens (primary N) is 1. The maximum absolute atomic E-state index is 12.8. The minimum absolute atomic E-state index is 0.0963. The first kappa shape index (κ1) is 22.3. The fraction of sp³-hybridized carbons (Fsp3) is 0.680. The van der Waals surface area contributed by atoms with E-state index in [1.54, 1.807) is 13.8 Å². The summed E-state index contributed by atoms with van der Waals surface area (Å²) >= 11 is 0. The molecule has 3 aliphatic rings. The number of hydrogen-bond acceptors (Lipinski definition) is 6. The van der Waals surface area contributed by atoms with Crippen molar-refractivity contribution in [1.29, 1.82) is 0 Å². The van der Waals surface area contributed by atoms with Crippen LogP contribution in [0.15, 0.2) is 24.3 Å². The topological polar surface area (TPSA) is 90.7 Å². The van der Waals surface area contributed by atoms with Crippen molar-refractivity contribution in [3.05, 3.63) is 29.8 Å². The number of ether oxygens (including phenoxy) is 2. The molecule has 3 N–H and O–H groups in total. The average molecular weight is 429 g/mol. The molecule has 6 heteroatoms. The molecule has 1 aromatic carbocycles. The highest BCUT2D eigenvalue weighted by Crippen LogP contribution is 2.52. The zero-order chi connectivity index (χ0) is 22.2. The Morgan fingerprint density at radius 3 is 2.55 bits per heavy atom. The van der Waals surface area contributed by atoms with Crippen molar-refractivity contribution in [3.63, 3.8) is 0 Å². The van der Waals surface area contributed by atoms with Gasteiger partial charge in [-0.2, -0.15) is 0 Å². The number of esters is 1. The van der Waals surface area contributed by atoms with E-state index in [9.17, 15) is 9.59 Å². The Balaban J connectivity index is 1.26. The zero-order valence-electron chi connectivity index (χ0n) is 18.9. The Morgan fingerprint density at radius 1 is 1.16 bits per heavy atom. The zero-order valence-corrected chi connectivity index (χ0v) is 18.9. The van der Waals surface area contributed by atoms with Crippen molar-refractivity contribution in [2.75, 3.05) is 6.61 Å². The smallest absolute Gasteiger partial charge is 0.323 e. The third kappa shape index (κ3) is 4.96. The Morgan fingerprint density at radius 2 is 1.87 bits per heavy atom. The first-order chi connectivity index (χ1) is 14.8. The lowest BCUT2D eigenvalue weighted by Crippen LogP contribution is -2.44. The highest BCUT2D eigenvalue weighted by atomic mass is 16.6. The molecule has 2 saturated carbocycles. The molecule has 0 aromatic heterocycles. The second-order valence-electron chi connectivity index (χ2n) is 10.2. The van der Waals surface area contributed by atoms with E-state index < -0.39 is 11.6 Å². The van der Waals surface area contributed by atoms with E-state index >= 15 is 0 Å². The van der Waals surface area contributed by atoms with Gasteiger partial charge in [0.2, 0.25) is 0 Å². The van der Waals surface area contributed by atoms with Gasteiger partial charge in [-0.25, -0.2) is 0 Å². The highest BCUT2D eigenvalue weighted by Gasteiger charge is 2.53. The monoisotopic (exact) mass is 428 g/mol. The molecule has 2 bridgehead atoms. The summed E-state index contributed by atoms with van der Waals surface area (Å²) in [6, 6.07) is 7.23. The number of rotatable bonds is 9. The highest BCUT2D eigenvalue weighted by molar-refractivity contribution is 5.85. The van der Waals surface area contributed by atoms with Gasteiger partial charge in [0.15, 0.2) is 5.78 Å². The number of carbonyl (C=O) groups is 2. The van der Waals surface area contributed by atoms with E-state index in [2.05, 4.69) is 5.32 Å². The number of Topliss-reactive ketones (excluding diaryl/α,β-unsaturated/α-hetero) is 1. The van der Waals surface area contributed by atoms with Crippen LogP contribution in [0, 0.1) is 17.8 Å². The number of hydrogen-bond donors (Lipinski definition) is 2. The summed E-state index contributed by atoms with van der Waals surface area (Å²) in [6.07, 6.45) is 5.34. The predicted molar refractivity (Wildman–Crippen MR) is 119 cm³/mol. The molecule has 1 aromatic rings. The summed E-state index contributed by atoms with van der Waals surface area (Å²) in [6.45, 7) is 6.15. The van der Waals surface area contributed by atoms with Crippen LogP contribution >= 0.6 is 0 Å². The third-order valence-electron chi connectivity index (χ3n) is 7.35. The number of carbonyl (C=O) groups excluding carboxylic acids is 2. The largest absolute Gasteiger partial charge is 0.494 e. The number of ketones is 1. The fourth-order valence-electron chi connectivity index (χ4n) is 5.93. The quantitative estimate of drug-likeness (QED) is 0.588. The SMILES string of the molecule is CCOc1ccc(C[C@H](N)C(=O)CC(C)(C)OC(=O)[C@@H]2C[C@@H]3[C@@H]4CCC(C4)[C@@H]3N2)cc1. The third-order valence-corrected chi connectivity index (χ3v) is 7.35. The van der Waals surface area contributed by atoms with Crippen LogP contribution in [-0.2, 0) is 20.7 Å². The van der Waals surface area contributed by atoms with Gasteiger partial charge in [0, 0.05) is 12.5 Å². The van der Waals surface area contributed by atoms with Gasteiger partial charge in [-0.1, -0.05) is 12.1 Å². The molecule has 3 fully saturated rings. The molecule has 0 spiro atoms. The van der Waals surface area contributed by atoms with Gasteiger partial charge in [0.05, 0.1) is 12.6 Å². The Labute approximate surface area is 185 Å². The molecule has 6 atom stereocenters. The molecule has 0 amide bonds. The van der Waals surface area contributed by atoms with Crippen molar-refractivity contribution in [2.45, 2.75) is 83.0 Å². The minimum atomic E-state index is -0.872. The maximum Gasteiger partial charge on any atom is 0.323 e. The van der Waals surface area contributed by atoms with E-state index in [1.807, 2.05) is 31.2 Å². The number of nitrogens with one attached hydrogen (secondary N) is 1. The van der Waals surface area contributed by atoms with Gasteiger partial charge in [0.1, 0.15) is 17.4 Å². The van der Waals surface area contributed by atoms with Crippen molar-refractivity contribution >= 4 is 11.8 Å². The predicted octanol–water partition coefficient (Wildman–Crippen LogP) is 3.01. The lowest BCUT2D eigenvalue weighted by Gasteiger charge is -2.28. The summed E-state index contributed by atoms with van der Waals surface area (Å²) in [5.41, 5.74) is 6.28. The molecule has 6 nitrogen and oxygen atoms in total. The van der Waals surface area contributed by atoms with E-state index in [0.29, 0.717) is 25.0 Å². The van der Waals surface area contributed by atoms with E-state index in [0.717, 1.165) is 29.6 Å². The van der Waals surface area contributed by atoms with Crippen LogP contribution in [0.3, 0.4) is 0 Å². The van der Waals surface area contributed by atoms with E-state index in [1.165, 1.54) is 19.3 Å². The molecule has 4 rings (SSSR count). The minimum Gasteiger partial charge on any atom is -0.494 e. The first-order valence-corrected chi connectivity index (χ1v) is 11.7. The van der Waals surface area contributed by atoms with Crippen LogP contribution in [0.1, 0.15) is 58.4 Å². The average Bonchev–Trinajstić information content (AvgIpc) is 3.42. The van der Waals surface area contributed by atoms with E-state index in [4.69, 9.17) is 15.2 Å². The molecule has 2 aliphatic carbocycles. The van der Waals surface area contributed by atoms with E-state index in [-0.39, 0.29) is 24.2 Å². The Hall–Kier alpha value is -1.92. The van der Waals surface area contributed by atoms with Crippen molar-refractivity contribution in [3.8, 4) is 5.75 Å². The van der Waals surface area contributed by atoms with Crippen LogP contribution in [-0.4, -0.2) is 42.1 Å². The molecular formula is C25H36N2O4. The molecule has 31 heavy (non-hydrogen) atoms. The van der Waals surface area contributed by atoms with Gasteiger partial charge in [-0.3, -0.25) is 9.59 Å². The summed E-state index contributed by atoms with van der Waals surface area (Å²) in [4.78, 5) is 25.5. The standard InChI is InChI=1S/C25H36N2O4/c1-4-30-18-9-5-15(6-10-18)11-20(26)22(28)14-25(2,3)31-24(29)21-13-19-16-7-8-17(12-16)23(19)27-21/h5-6,9-10,16-17,19-21,23,27H,4,7-8,11-14,26H2,1-3H3/t16-,17?,19-,20+,21+,23+/m1/s1. The lowest BCUT2D eigenvalue weighted by molar-refractivity contribution is -0.160. The fourth-order valence-corrected chi connectivity index (χ4v) is 5.93. The van der Waals surface area contributed by atoms with Crippen LogP contribution < -0.4 is 15.8 Å². The molecule has 1 saturated heterocycles. The first-order valence-electron chi connectivity index (χ1n) is 11.7. The van der Waals surface area contributed by atoms with Gasteiger partial charge >= 0.3 is 5.97 Å².